The molecule has 1 fully saturated rings. The number of nitrogens with zero attached hydrogens (tertiary/aromatic N) is 2. The third-order valence-corrected chi connectivity index (χ3v) is 4.69. The molecule has 1 aliphatic rings. The Morgan fingerprint density at radius 1 is 1.07 bits per heavy atom. The number of ether oxygens (including phenoxy) is 1. The first kappa shape index (κ1) is 21.3. The Hall–Kier alpha value is -3.39. The molecule has 2 N–H and O–H groups in total. The van der Waals surface area contributed by atoms with E-state index >= 15 is 0 Å². The zero-order valence-corrected chi connectivity index (χ0v) is 16.9. The summed E-state index contributed by atoms with van der Waals surface area (Å²) in [5, 5.41) is 6.92. The predicted octanol–water partition coefficient (Wildman–Crippen LogP) is 2.43. The summed E-state index contributed by atoms with van der Waals surface area (Å²) < 4.78 is 5.45. The molecule has 3 rings (SSSR count). The Balaban J connectivity index is 1.43. The molecule has 9 heteroatoms. The molecule has 0 radical (unpaired) electrons. The normalized spacial score (nSPS) is 13.3. The second-order valence-corrected chi connectivity index (χ2v) is 6.99. The summed E-state index contributed by atoms with van der Waals surface area (Å²) in [6, 6.07) is 13.7. The van der Waals surface area contributed by atoms with E-state index in [1.165, 1.54) is 11.1 Å². The smallest absolute Gasteiger partial charge is 0.329 e. The first-order valence-electron chi connectivity index (χ1n) is 9.42. The molecule has 2 aromatic rings. The van der Waals surface area contributed by atoms with Crippen LogP contribution in [0, 0.1) is 0 Å². The summed E-state index contributed by atoms with van der Waals surface area (Å²) in [6.45, 7) is 1.04. The Kier molecular flexibility index (Phi) is 7.40. The zero-order chi connectivity index (χ0) is 21.3. The van der Waals surface area contributed by atoms with Gasteiger partial charge < -0.3 is 15.0 Å². The summed E-state index contributed by atoms with van der Waals surface area (Å²) in [7, 11) is 0. The lowest BCUT2D eigenvalue weighted by molar-refractivity contribution is -0.145. The molecule has 1 heterocycles. The molecule has 0 aromatic heterocycles. The number of anilines is 1. The lowest BCUT2D eigenvalue weighted by Gasteiger charge is -2.12. The van der Waals surface area contributed by atoms with E-state index in [0.717, 1.165) is 12.8 Å². The Morgan fingerprint density at radius 2 is 1.77 bits per heavy atom. The molecule has 0 bridgehead atoms. The van der Waals surface area contributed by atoms with E-state index in [-0.39, 0.29) is 12.5 Å². The SMILES string of the molecule is O=C(COc1ccc(/C=N\NC(=O)C(=O)N2CCCC2)cc1)Nc1ccccc1Cl. The number of para-hydroxylation sites is 1. The molecule has 30 heavy (non-hydrogen) atoms. The van der Waals surface area contributed by atoms with Gasteiger partial charge in [0.05, 0.1) is 16.9 Å². The number of carbonyl (C=O) groups is 3. The lowest BCUT2D eigenvalue weighted by atomic mass is 10.2. The van der Waals surface area contributed by atoms with Crippen molar-refractivity contribution in [2.45, 2.75) is 12.8 Å². The maximum Gasteiger partial charge on any atom is 0.329 e. The Morgan fingerprint density at radius 3 is 2.47 bits per heavy atom. The third-order valence-electron chi connectivity index (χ3n) is 4.37. The largest absolute Gasteiger partial charge is 0.484 e. The van der Waals surface area contributed by atoms with Crippen LogP contribution in [0.25, 0.3) is 0 Å². The predicted molar refractivity (Wildman–Crippen MR) is 114 cm³/mol. The molecule has 1 aliphatic heterocycles. The molecule has 0 unspecified atom stereocenters. The van der Waals surface area contributed by atoms with Crippen molar-refractivity contribution in [2.24, 2.45) is 5.10 Å². The van der Waals surface area contributed by atoms with E-state index in [1.807, 2.05) is 0 Å². The minimum atomic E-state index is -0.752. The molecule has 8 nitrogen and oxygen atoms in total. The van der Waals surface area contributed by atoms with Crippen LogP contribution in [0.15, 0.2) is 53.6 Å². The molecule has 2 aromatic carbocycles. The molecule has 156 valence electrons. The van der Waals surface area contributed by atoms with Crippen molar-refractivity contribution in [3.8, 4) is 5.75 Å². The summed E-state index contributed by atoms with van der Waals surface area (Å²) in [4.78, 5) is 37.2. The summed E-state index contributed by atoms with van der Waals surface area (Å²) in [5.74, 6) is -1.16. The second kappa shape index (κ2) is 10.4. The van der Waals surface area contributed by atoms with Gasteiger partial charge in [-0.05, 0) is 54.8 Å². The quantitative estimate of drug-likeness (QED) is 0.419. The van der Waals surface area contributed by atoms with Crippen molar-refractivity contribution < 1.29 is 19.1 Å². The highest BCUT2D eigenvalue weighted by molar-refractivity contribution is 6.35. The van der Waals surface area contributed by atoms with Gasteiger partial charge in [-0.1, -0.05) is 23.7 Å². The minimum absolute atomic E-state index is 0.173. The van der Waals surface area contributed by atoms with Gasteiger partial charge in [0.1, 0.15) is 5.75 Å². The van der Waals surface area contributed by atoms with Gasteiger partial charge in [0, 0.05) is 13.1 Å². The fraction of sp³-hybridized carbons (Fsp3) is 0.238. The van der Waals surface area contributed by atoms with E-state index in [2.05, 4.69) is 15.8 Å². The van der Waals surface area contributed by atoms with Crippen molar-refractivity contribution >= 4 is 41.2 Å². The summed E-state index contributed by atoms with van der Waals surface area (Å²) in [6.07, 6.45) is 3.25. The number of hydrazone groups is 1. The van der Waals surface area contributed by atoms with Gasteiger partial charge in [0.15, 0.2) is 6.61 Å². The van der Waals surface area contributed by atoms with Crippen molar-refractivity contribution in [1.29, 1.82) is 0 Å². The number of rotatable bonds is 6. The number of halogens is 1. The van der Waals surface area contributed by atoms with Crippen LogP contribution in [-0.4, -0.2) is 48.5 Å². The highest BCUT2D eigenvalue weighted by Gasteiger charge is 2.23. The number of amides is 3. The molecule has 0 atom stereocenters. The Labute approximate surface area is 178 Å². The number of nitrogens with one attached hydrogen (secondary N) is 2. The van der Waals surface area contributed by atoms with Gasteiger partial charge >= 0.3 is 11.8 Å². The van der Waals surface area contributed by atoms with Crippen molar-refractivity contribution in [3.63, 3.8) is 0 Å². The second-order valence-electron chi connectivity index (χ2n) is 6.58. The fourth-order valence-corrected chi connectivity index (χ4v) is 3.01. The van der Waals surface area contributed by atoms with Crippen LogP contribution < -0.4 is 15.5 Å². The van der Waals surface area contributed by atoms with Crippen LogP contribution in [0.1, 0.15) is 18.4 Å². The monoisotopic (exact) mass is 428 g/mol. The van der Waals surface area contributed by atoms with E-state index in [4.69, 9.17) is 16.3 Å². The standard InChI is InChI=1S/C21H21ClN4O4/c22-17-5-1-2-6-18(17)24-19(27)14-30-16-9-7-15(8-10-16)13-23-25-20(28)21(29)26-11-3-4-12-26/h1-2,5-10,13H,3-4,11-12,14H2,(H,24,27)(H,25,28)/b23-13-. The van der Waals surface area contributed by atoms with Crippen LogP contribution in [0.4, 0.5) is 5.69 Å². The number of hydrogen-bond acceptors (Lipinski definition) is 5. The maximum atomic E-state index is 12.0. The molecular weight excluding hydrogens is 408 g/mol. The van der Waals surface area contributed by atoms with Gasteiger partial charge in [-0.25, -0.2) is 5.43 Å². The first-order chi connectivity index (χ1) is 14.5. The Bertz CT molecular complexity index is 940. The van der Waals surface area contributed by atoms with Crippen LogP contribution in [-0.2, 0) is 14.4 Å². The van der Waals surface area contributed by atoms with Crippen LogP contribution in [0.3, 0.4) is 0 Å². The third kappa shape index (κ3) is 6.05. The van der Waals surface area contributed by atoms with Gasteiger partial charge in [0.25, 0.3) is 5.91 Å². The first-order valence-corrected chi connectivity index (χ1v) is 9.80. The van der Waals surface area contributed by atoms with Crippen LogP contribution in [0.5, 0.6) is 5.75 Å². The number of benzene rings is 2. The molecule has 0 saturated carbocycles. The van der Waals surface area contributed by atoms with E-state index in [1.54, 1.807) is 48.5 Å². The average molecular weight is 429 g/mol. The van der Waals surface area contributed by atoms with Crippen LogP contribution in [0.2, 0.25) is 5.02 Å². The van der Waals surface area contributed by atoms with Crippen molar-refractivity contribution in [2.75, 3.05) is 25.0 Å². The molecule has 3 amide bonds. The summed E-state index contributed by atoms with van der Waals surface area (Å²) in [5.41, 5.74) is 3.44. The van der Waals surface area contributed by atoms with Gasteiger partial charge in [-0.2, -0.15) is 5.10 Å². The van der Waals surface area contributed by atoms with Crippen molar-refractivity contribution in [3.05, 3.63) is 59.1 Å². The minimum Gasteiger partial charge on any atom is -0.484 e. The number of likely N-dealkylation sites (tertiary alicyclic amines) is 1. The average Bonchev–Trinajstić information content (AvgIpc) is 3.29. The number of hydrogen-bond donors (Lipinski definition) is 2. The van der Waals surface area contributed by atoms with Gasteiger partial charge in [0.2, 0.25) is 0 Å². The molecular formula is C21H21ClN4O4. The topological polar surface area (TPSA) is 100 Å². The van der Waals surface area contributed by atoms with E-state index < -0.39 is 11.8 Å². The highest BCUT2D eigenvalue weighted by atomic mass is 35.5. The molecule has 1 saturated heterocycles. The zero-order valence-electron chi connectivity index (χ0n) is 16.1. The molecule has 0 spiro atoms. The van der Waals surface area contributed by atoms with E-state index in [0.29, 0.717) is 35.1 Å². The lowest BCUT2D eigenvalue weighted by Crippen LogP contribution is -2.39. The van der Waals surface area contributed by atoms with Gasteiger partial charge in [-0.3, -0.25) is 14.4 Å². The summed E-state index contributed by atoms with van der Waals surface area (Å²) >= 11 is 6.00. The van der Waals surface area contributed by atoms with Gasteiger partial charge in [-0.15, -0.1) is 0 Å². The van der Waals surface area contributed by atoms with E-state index in [9.17, 15) is 14.4 Å². The fourth-order valence-electron chi connectivity index (χ4n) is 2.82. The maximum absolute atomic E-state index is 12.0. The molecule has 0 aliphatic carbocycles. The van der Waals surface area contributed by atoms with Crippen LogP contribution >= 0.6 is 11.6 Å². The van der Waals surface area contributed by atoms with Crippen molar-refractivity contribution in [1.82, 2.24) is 10.3 Å². The highest BCUT2D eigenvalue weighted by Crippen LogP contribution is 2.20. The number of carbonyl (C=O) groups excluding carboxylic acids is 3.